The van der Waals surface area contributed by atoms with Crippen molar-refractivity contribution in [3.05, 3.63) is 28.7 Å². The Morgan fingerprint density at radius 2 is 2.43 bits per heavy atom. The van der Waals surface area contributed by atoms with Gasteiger partial charge in [-0.1, -0.05) is 0 Å². The van der Waals surface area contributed by atoms with Gasteiger partial charge in [0.25, 0.3) is 0 Å². The Balaban J connectivity index is 2.55. The molecule has 4 nitrogen and oxygen atoms in total. The van der Waals surface area contributed by atoms with Crippen molar-refractivity contribution < 1.29 is 4.42 Å². The molecule has 0 saturated carbocycles. The first-order valence-electron chi connectivity index (χ1n) is 4.19. The van der Waals surface area contributed by atoms with Gasteiger partial charge >= 0.3 is 0 Å². The van der Waals surface area contributed by atoms with Crippen LogP contribution in [0.25, 0.3) is 11.6 Å². The maximum atomic E-state index is 5.55. The summed E-state index contributed by atoms with van der Waals surface area (Å²) in [5.74, 6) is 1.52. The number of nitrogens with two attached hydrogens (primary N) is 1. The molecule has 0 aliphatic heterocycles. The minimum atomic E-state index is 0.412. The summed E-state index contributed by atoms with van der Waals surface area (Å²) in [5, 5.41) is 0. The van der Waals surface area contributed by atoms with Gasteiger partial charge in [0.2, 0.25) is 0 Å². The molecule has 2 aromatic rings. The maximum Gasteiger partial charge on any atom is 0.177 e. The second kappa shape index (κ2) is 3.59. The lowest BCUT2D eigenvalue weighted by Gasteiger charge is -1.97. The van der Waals surface area contributed by atoms with Crippen LogP contribution in [0.2, 0.25) is 0 Å². The molecule has 0 fully saturated rings. The van der Waals surface area contributed by atoms with Crippen molar-refractivity contribution in [2.24, 2.45) is 12.8 Å². The first-order chi connectivity index (χ1) is 6.74. The minimum Gasteiger partial charge on any atom is -0.461 e. The zero-order valence-electron chi connectivity index (χ0n) is 7.70. The van der Waals surface area contributed by atoms with Crippen LogP contribution in [0.1, 0.15) is 5.69 Å². The van der Waals surface area contributed by atoms with Gasteiger partial charge in [-0.3, -0.25) is 0 Å². The molecule has 0 amide bonds. The van der Waals surface area contributed by atoms with Gasteiger partial charge in [-0.05, 0) is 28.1 Å². The highest BCUT2D eigenvalue weighted by atomic mass is 79.9. The molecule has 0 radical (unpaired) electrons. The van der Waals surface area contributed by atoms with E-state index >= 15 is 0 Å². The molecule has 74 valence electrons. The molecule has 14 heavy (non-hydrogen) atoms. The maximum absolute atomic E-state index is 5.55. The molecule has 0 aliphatic rings. The molecule has 0 atom stereocenters. The lowest BCUT2D eigenvalue weighted by atomic mass is 10.4. The summed E-state index contributed by atoms with van der Waals surface area (Å²) in [5.41, 5.74) is 6.38. The summed E-state index contributed by atoms with van der Waals surface area (Å²) < 4.78 is 8.07. The third-order valence-corrected chi connectivity index (χ3v) is 3.02. The van der Waals surface area contributed by atoms with E-state index < -0.39 is 0 Å². The lowest BCUT2D eigenvalue weighted by Crippen LogP contribution is -1.97. The second-order valence-electron chi connectivity index (χ2n) is 2.91. The quantitative estimate of drug-likeness (QED) is 0.892. The molecule has 0 aliphatic carbocycles. The number of imidazole rings is 1. The number of hydrogen-bond donors (Lipinski definition) is 1. The van der Waals surface area contributed by atoms with Crippen molar-refractivity contribution >= 4 is 15.9 Å². The number of rotatable bonds is 2. The Hall–Kier alpha value is -1.07. The normalized spacial score (nSPS) is 10.8. The molecule has 2 aromatic heterocycles. The van der Waals surface area contributed by atoms with E-state index in [2.05, 4.69) is 20.9 Å². The largest absolute Gasteiger partial charge is 0.461 e. The predicted molar refractivity (Wildman–Crippen MR) is 56.5 cm³/mol. The van der Waals surface area contributed by atoms with Crippen LogP contribution in [0.5, 0.6) is 0 Å². The van der Waals surface area contributed by atoms with Crippen molar-refractivity contribution in [3.63, 3.8) is 0 Å². The zero-order valence-corrected chi connectivity index (χ0v) is 9.28. The Labute approximate surface area is 89.9 Å². The van der Waals surface area contributed by atoms with Gasteiger partial charge in [-0.2, -0.15) is 0 Å². The van der Waals surface area contributed by atoms with E-state index in [1.165, 1.54) is 0 Å². The van der Waals surface area contributed by atoms with Crippen molar-refractivity contribution in [2.75, 3.05) is 0 Å². The fourth-order valence-electron chi connectivity index (χ4n) is 1.29. The first-order valence-corrected chi connectivity index (χ1v) is 4.98. The highest BCUT2D eigenvalue weighted by molar-refractivity contribution is 9.10. The summed E-state index contributed by atoms with van der Waals surface area (Å²) in [6, 6.07) is 3.70. The van der Waals surface area contributed by atoms with E-state index in [9.17, 15) is 0 Å². The number of nitrogens with zero attached hydrogens (tertiary/aromatic N) is 2. The number of aromatic nitrogens is 2. The summed E-state index contributed by atoms with van der Waals surface area (Å²) in [6.45, 7) is 0.412. The Morgan fingerprint density at radius 3 is 2.93 bits per heavy atom. The van der Waals surface area contributed by atoms with E-state index in [0.29, 0.717) is 6.54 Å². The Bertz CT molecular complexity index is 433. The fourth-order valence-corrected chi connectivity index (χ4v) is 1.71. The van der Waals surface area contributed by atoms with E-state index in [0.717, 1.165) is 21.9 Å². The number of halogens is 1. The molecule has 2 heterocycles. The highest BCUT2D eigenvalue weighted by Crippen LogP contribution is 2.24. The van der Waals surface area contributed by atoms with Crippen LogP contribution in [-0.2, 0) is 13.6 Å². The van der Waals surface area contributed by atoms with E-state index in [-0.39, 0.29) is 0 Å². The highest BCUT2D eigenvalue weighted by Gasteiger charge is 2.14. The molecular formula is C9H10BrN3O. The van der Waals surface area contributed by atoms with E-state index in [1.807, 2.05) is 23.7 Å². The van der Waals surface area contributed by atoms with Crippen LogP contribution in [0.4, 0.5) is 0 Å². The van der Waals surface area contributed by atoms with Crippen LogP contribution in [0.3, 0.4) is 0 Å². The minimum absolute atomic E-state index is 0.412. The smallest absolute Gasteiger partial charge is 0.177 e. The number of furan rings is 1. The van der Waals surface area contributed by atoms with Crippen molar-refractivity contribution in [1.82, 2.24) is 9.55 Å². The predicted octanol–water partition coefficient (Wildman–Crippen LogP) is 1.90. The van der Waals surface area contributed by atoms with E-state index in [1.54, 1.807) is 6.26 Å². The summed E-state index contributed by atoms with van der Waals surface area (Å²) in [4.78, 5) is 4.37. The zero-order chi connectivity index (χ0) is 10.1. The van der Waals surface area contributed by atoms with Crippen LogP contribution in [0.15, 0.2) is 27.4 Å². The second-order valence-corrected chi connectivity index (χ2v) is 3.66. The van der Waals surface area contributed by atoms with Crippen LogP contribution >= 0.6 is 15.9 Å². The summed E-state index contributed by atoms with van der Waals surface area (Å²) in [7, 11) is 1.91. The third kappa shape index (κ3) is 1.38. The molecule has 0 aromatic carbocycles. The topological polar surface area (TPSA) is 57.0 Å². The standard InChI is InChI=1S/C9H10BrN3O/c1-13-8(10)6(5-11)12-9(13)7-3-2-4-14-7/h2-4H,5,11H2,1H3. The number of hydrogen-bond acceptors (Lipinski definition) is 3. The van der Waals surface area contributed by atoms with Gasteiger partial charge in [-0.25, -0.2) is 4.98 Å². The van der Waals surface area contributed by atoms with Gasteiger partial charge in [0.1, 0.15) is 4.60 Å². The molecule has 5 heteroatoms. The molecule has 0 saturated heterocycles. The van der Waals surface area contributed by atoms with Crippen LogP contribution in [0, 0.1) is 0 Å². The van der Waals surface area contributed by atoms with Crippen LogP contribution < -0.4 is 5.73 Å². The van der Waals surface area contributed by atoms with Gasteiger partial charge in [-0.15, -0.1) is 0 Å². The van der Waals surface area contributed by atoms with Gasteiger partial charge in [0.15, 0.2) is 11.6 Å². The van der Waals surface area contributed by atoms with Gasteiger partial charge in [0, 0.05) is 13.6 Å². The Morgan fingerprint density at radius 1 is 1.64 bits per heavy atom. The third-order valence-electron chi connectivity index (χ3n) is 2.03. The van der Waals surface area contributed by atoms with E-state index in [4.69, 9.17) is 10.2 Å². The first kappa shape index (κ1) is 9.48. The average Bonchev–Trinajstić information content (AvgIpc) is 2.78. The van der Waals surface area contributed by atoms with Gasteiger partial charge in [0.05, 0.1) is 12.0 Å². The molecule has 0 spiro atoms. The SMILES string of the molecule is Cn1c(-c2ccco2)nc(CN)c1Br. The summed E-state index contributed by atoms with van der Waals surface area (Å²) >= 11 is 3.43. The van der Waals surface area contributed by atoms with Gasteiger partial charge < -0.3 is 14.7 Å². The van der Waals surface area contributed by atoms with Crippen molar-refractivity contribution in [1.29, 1.82) is 0 Å². The molecule has 2 rings (SSSR count). The lowest BCUT2D eigenvalue weighted by molar-refractivity contribution is 0.573. The molecular weight excluding hydrogens is 246 g/mol. The molecule has 2 N–H and O–H groups in total. The van der Waals surface area contributed by atoms with Crippen molar-refractivity contribution in [3.8, 4) is 11.6 Å². The monoisotopic (exact) mass is 255 g/mol. The Kier molecular flexibility index (Phi) is 2.43. The van der Waals surface area contributed by atoms with Crippen molar-refractivity contribution in [2.45, 2.75) is 6.54 Å². The molecule has 0 unspecified atom stereocenters. The molecule has 0 bridgehead atoms. The average molecular weight is 256 g/mol. The summed E-state index contributed by atoms with van der Waals surface area (Å²) in [6.07, 6.45) is 1.63. The fraction of sp³-hybridized carbons (Fsp3) is 0.222. The van der Waals surface area contributed by atoms with Crippen LogP contribution in [-0.4, -0.2) is 9.55 Å².